The highest BCUT2D eigenvalue weighted by Crippen LogP contribution is 2.15. The van der Waals surface area contributed by atoms with Crippen LogP contribution in [0.5, 0.6) is 0 Å². The van der Waals surface area contributed by atoms with Gasteiger partial charge in [0, 0.05) is 6.54 Å². The van der Waals surface area contributed by atoms with E-state index in [4.69, 9.17) is 0 Å². The third-order valence-corrected chi connectivity index (χ3v) is 3.40. The van der Waals surface area contributed by atoms with E-state index in [1.165, 1.54) is 15.8 Å². The van der Waals surface area contributed by atoms with E-state index in [-0.39, 0.29) is 0 Å². The van der Waals surface area contributed by atoms with Gasteiger partial charge in [0.2, 0.25) is 0 Å². The summed E-state index contributed by atoms with van der Waals surface area (Å²) in [5.41, 5.74) is 3.22. The zero-order valence-electron chi connectivity index (χ0n) is 9.16. The maximum Gasteiger partial charge on any atom is 0.200 e. The molecule has 0 fully saturated rings. The molecule has 0 aliphatic heterocycles. The number of nitrogens with one attached hydrogen (secondary N) is 1. The number of tetrazole rings is 1. The van der Waals surface area contributed by atoms with Gasteiger partial charge < -0.3 is 5.32 Å². The van der Waals surface area contributed by atoms with E-state index in [9.17, 15) is 0 Å². The highest BCUT2D eigenvalue weighted by molar-refractivity contribution is 7.08. The summed E-state index contributed by atoms with van der Waals surface area (Å²) in [6, 6.07) is 3.70. The number of aromatic nitrogens is 5. The molecule has 0 unspecified atom stereocenters. The predicted octanol–water partition coefficient (Wildman–Crippen LogP) is 1.50. The Balaban J connectivity index is 1.78. The summed E-state index contributed by atoms with van der Waals surface area (Å²) in [4.78, 5) is 0. The van der Waals surface area contributed by atoms with Crippen molar-refractivity contribution in [1.29, 1.82) is 0 Å². The minimum atomic E-state index is 0.641. The van der Waals surface area contributed by atoms with Crippen LogP contribution in [-0.4, -0.2) is 25.3 Å². The molecule has 0 aliphatic rings. The summed E-state index contributed by atoms with van der Waals surface area (Å²) >= 11 is 1.71. The molecule has 0 saturated heterocycles. The van der Waals surface area contributed by atoms with Gasteiger partial charge >= 0.3 is 0 Å². The van der Waals surface area contributed by atoms with Crippen LogP contribution in [0.1, 0.15) is 11.1 Å². The Morgan fingerprint density at radius 1 is 1.35 bits per heavy atom. The van der Waals surface area contributed by atoms with Crippen LogP contribution in [0.15, 0.2) is 22.9 Å². The van der Waals surface area contributed by atoms with Gasteiger partial charge in [-0.1, -0.05) is 0 Å². The molecule has 0 aliphatic carbocycles. The van der Waals surface area contributed by atoms with Crippen LogP contribution in [0.2, 0.25) is 0 Å². The molecular formula is C10H10N6S. The van der Waals surface area contributed by atoms with E-state index >= 15 is 0 Å². The molecule has 3 rings (SSSR count). The van der Waals surface area contributed by atoms with E-state index in [0.717, 1.165) is 12.4 Å². The maximum atomic E-state index is 4.24. The zero-order chi connectivity index (χ0) is 11.7. The molecule has 0 aromatic carbocycles. The van der Waals surface area contributed by atoms with Gasteiger partial charge in [-0.05, 0) is 51.4 Å². The largest absolute Gasteiger partial charge is 0.364 e. The number of thiophene rings is 1. The second kappa shape index (κ2) is 4.10. The predicted molar refractivity (Wildman–Crippen MR) is 65.0 cm³/mol. The van der Waals surface area contributed by atoms with E-state index in [1.807, 2.05) is 12.1 Å². The molecule has 0 bridgehead atoms. The minimum absolute atomic E-state index is 0.641. The van der Waals surface area contributed by atoms with Crippen LogP contribution in [0, 0.1) is 6.92 Å². The summed E-state index contributed by atoms with van der Waals surface area (Å²) in [5, 5.41) is 22.8. The number of fused-ring (bicyclic) bond motifs is 1. The van der Waals surface area contributed by atoms with Crippen LogP contribution >= 0.6 is 11.3 Å². The van der Waals surface area contributed by atoms with Gasteiger partial charge in [-0.3, -0.25) is 0 Å². The lowest BCUT2D eigenvalue weighted by molar-refractivity contribution is 0.734. The van der Waals surface area contributed by atoms with Gasteiger partial charge in [0.25, 0.3) is 0 Å². The third kappa shape index (κ3) is 1.96. The number of hydrogen-bond acceptors (Lipinski definition) is 6. The van der Waals surface area contributed by atoms with Crippen LogP contribution in [-0.2, 0) is 6.54 Å². The average Bonchev–Trinajstić information content (AvgIpc) is 2.94. The molecule has 7 heteroatoms. The molecule has 0 atom stereocenters. The molecule has 0 saturated carbocycles. The lowest BCUT2D eigenvalue weighted by Gasteiger charge is -2.04. The molecule has 0 amide bonds. The van der Waals surface area contributed by atoms with Crippen molar-refractivity contribution in [2.45, 2.75) is 13.5 Å². The summed E-state index contributed by atoms with van der Waals surface area (Å²) in [6.07, 6.45) is 0. The number of nitrogens with zero attached hydrogens (tertiary/aromatic N) is 5. The van der Waals surface area contributed by atoms with Crippen molar-refractivity contribution < 1.29 is 0 Å². The average molecular weight is 246 g/mol. The third-order valence-electron chi connectivity index (χ3n) is 2.49. The van der Waals surface area contributed by atoms with E-state index < -0.39 is 0 Å². The Morgan fingerprint density at radius 3 is 3.12 bits per heavy atom. The molecule has 3 aromatic rings. The molecule has 0 radical (unpaired) electrons. The van der Waals surface area contributed by atoms with Gasteiger partial charge in [0.05, 0.1) is 0 Å². The fourth-order valence-electron chi connectivity index (χ4n) is 1.50. The molecule has 0 spiro atoms. The first-order chi connectivity index (χ1) is 8.33. The minimum Gasteiger partial charge on any atom is -0.364 e. The molecule has 3 aromatic heterocycles. The topological polar surface area (TPSA) is 68.0 Å². The van der Waals surface area contributed by atoms with Crippen molar-refractivity contribution in [2.75, 3.05) is 5.32 Å². The van der Waals surface area contributed by atoms with Crippen molar-refractivity contribution in [2.24, 2.45) is 0 Å². The normalized spacial score (nSPS) is 10.9. The summed E-state index contributed by atoms with van der Waals surface area (Å²) in [7, 11) is 0. The highest BCUT2D eigenvalue weighted by Gasteiger charge is 2.02. The Bertz CT molecular complexity index is 643. The summed E-state index contributed by atoms with van der Waals surface area (Å²) in [6.45, 7) is 2.86. The summed E-state index contributed by atoms with van der Waals surface area (Å²) in [5.74, 6) is 0.760. The Morgan fingerprint density at radius 2 is 2.29 bits per heavy atom. The second-order valence-electron chi connectivity index (χ2n) is 3.68. The number of aryl methyl sites for hydroxylation is 1. The Kier molecular flexibility index (Phi) is 2.45. The highest BCUT2D eigenvalue weighted by atomic mass is 32.1. The standard InChI is InChI=1S/C10H10N6S/c1-7-5-17-6-8(7)4-11-9-2-3-10-12-14-15-16(10)13-9/h2-3,5-6H,4H2,1H3,(H,11,13). The fourth-order valence-corrected chi connectivity index (χ4v) is 2.35. The van der Waals surface area contributed by atoms with Crippen molar-refractivity contribution in [3.63, 3.8) is 0 Å². The van der Waals surface area contributed by atoms with Gasteiger partial charge in [-0.15, -0.1) is 14.8 Å². The van der Waals surface area contributed by atoms with E-state index in [1.54, 1.807) is 11.3 Å². The fraction of sp³-hybridized carbons (Fsp3) is 0.200. The number of hydrogen-bond donors (Lipinski definition) is 1. The Labute approximate surface area is 101 Å². The maximum absolute atomic E-state index is 4.24. The number of anilines is 1. The molecule has 17 heavy (non-hydrogen) atoms. The van der Waals surface area contributed by atoms with Crippen LogP contribution < -0.4 is 5.32 Å². The first kappa shape index (κ1) is 10.2. The summed E-state index contributed by atoms with van der Waals surface area (Å²) < 4.78 is 1.41. The Hall–Kier alpha value is -2.02. The van der Waals surface area contributed by atoms with Crippen LogP contribution in [0.3, 0.4) is 0 Å². The van der Waals surface area contributed by atoms with Crippen LogP contribution in [0.25, 0.3) is 5.65 Å². The van der Waals surface area contributed by atoms with Crippen molar-refractivity contribution >= 4 is 22.8 Å². The molecule has 3 heterocycles. The molecule has 6 nitrogen and oxygen atoms in total. The van der Waals surface area contributed by atoms with Crippen molar-refractivity contribution in [3.8, 4) is 0 Å². The van der Waals surface area contributed by atoms with Gasteiger partial charge in [-0.2, -0.15) is 11.3 Å². The second-order valence-corrected chi connectivity index (χ2v) is 4.42. The van der Waals surface area contributed by atoms with E-state index in [0.29, 0.717) is 5.65 Å². The molecule has 86 valence electrons. The monoisotopic (exact) mass is 246 g/mol. The smallest absolute Gasteiger partial charge is 0.200 e. The van der Waals surface area contributed by atoms with Crippen molar-refractivity contribution in [3.05, 3.63) is 34.0 Å². The molecular weight excluding hydrogens is 236 g/mol. The van der Waals surface area contributed by atoms with Gasteiger partial charge in [-0.25, -0.2) is 0 Å². The first-order valence-corrected chi connectivity index (χ1v) is 6.08. The zero-order valence-corrected chi connectivity index (χ0v) is 9.98. The SMILES string of the molecule is Cc1cscc1CNc1ccc2nnnn2n1. The number of rotatable bonds is 3. The van der Waals surface area contributed by atoms with Gasteiger partial charge in [0.15, 0.2) is 5.65 Å². The lowest BCUT2D eigenvalue weighted by atomic mass is 10.2. The lowest BCUT2D eigenvalue weighted by Crippen LogP contribution is -2.04. The quantitative estimate of drug-likeness (QED) is 0.758. The van der Waals surface area contributed by atoms with Crippen LogP contribution in [0.4, 0.5) is 5.82 Å². The first-order valence-electron chi connectivity index (χ1n) is 5.14. The molecule has 1 N–H and O–H groups in total. The van der Waals surface area contributed by atoms with E-state index in [2.05, 4.69) is 43.6 Å². The van der Waals surface area contributed by atoms with Gasteiger partial charge in [0.1, 0.15) is 5.82 Å². The van der Waals surface area contributed by atoms with Crippen molar-refractivity contribution in [1.82, 2.24) is 25.3 Å².